The number of nitrogens with two attached hydrogens (primary N) is 1. The minimum Gasteiger partial charge on any atom is -0.383 e. The lowest BCUT2D eigenvalue weighted by Gasteiger charge is -2.22. The molecule has 0 aromatic rings. The third-order valence-corrected chi connectivity index (χ3v) is 4.25. The molecule has 0 spiro atoms. The summed E-state index contributed by atoms with van der Waals surface area (Å²) in [5.74, 6) is 0. The maximum absolute atomic E-state index is 11.2. The highest BCUT2D eigenvalue weighted by Gasteiger charge is 2.40. The van der Waals surface area contributed by atoms with E-state index in [0.29, 0.717) is 19.4 Å². The zero-order valence-corrected chi connectivity index (χ0v) is 8.93. The van der Waals surface area contributed by atoms with E-state index < -0.39 is 15.4 Å². The quantitative estimate of drug-likeness (QED) is 0.703. The molecule has 0 aliphatic heterocycles. The highest BCUT2D eigenvalue weighted by molar-refractivity contribution is 7.91. The SMILES string of the molecule is COC[C@@]1(N)CC[C@@H](S(C)(=O)=O)C1. The van der Waals surface area contributed by atoms with Gasteiger partial charge in [-0.1, -0.05) is 0 Å². The Labute approximate surface area is 79.4 Å². The van der Waals surface area contributed by atoms with Gasteiger partial charge in [0.25, 0.3) is 0 Å². The van der Waals surface area contributed by atoms with Crippen molar-refractivity contribution in [2.75, 3.05) is 20.0 Å². The van der Waals surface area contributed by atoms with Crippen LogP contribution in [0.5, 0.6) is 0 Å². The largest absolute Gasteiger partial charge is 0.383 e. The molecule has 13 heavy (non-hydrogen) atoms. The third kappa shape index (κ3) is 2.65. The van der Waals surface area contributed by atoms with E-state index >= 15 is 0 Å². The Kier molecular flexibility index (Phi) is 2.99. The van der Waals surface area contributed by atoms with Crippen LogP contribution >= 0.6 is 0 Å². The van der Waals surface area contributed by atoms with Gasteiger partial charge < -0.3 is 10.5 Å². The number of rotatable bonds is 3. The second-order valence-electron chi connectivity index (χ2n) is 3.99. The van der Waals surface area contributed by atoms with E-state index in [0.717, 1.165) is 6.42 Å². The van der Waals surface area contributed by atoms with Gasteiger partial charge in [-0.15, -0.1) is 0 Å². The number of methoxy groups -OCH3 is 1. The van der Waals surface area contributed by atoms with E-state index in [1.165, 1.54) is 6.26 Å². The first-order chi connectivity index (χ1) is 5.87. The lowest BCUT2D eigenvalue weighted by molar-refractivity contribution is 0.135. The molecule has 0 unspecified atom stereocenters. The molecule has 0 radical (unpaired) electrons. The van der Waals surface area contributed by atoms with Crippen LogP contribution in [0.1, 0.15) is 19.3 Å². The van der Waals surface area contributed by atoms with Gasteiger partial charge in [0.15, 0.2) is 0 Å². The van der Waals surface area contributed by atoms with Crippen molar-refractivity contribution in [1.82, 2.24) is 0 Å². The van der Waals surface area contributed by atoms with Crippen LogP contribution in [0.3, 0.4) is 0 Å². The summed E-state index contributed by atoms with van der Waals surface area (Å²) in [4.78, 5) is 0. The molecule has 5 heteroatoms. The predicted molar refractivity (Wildman–Crippen MR) is 51.3 cm³/mol. The molecule has 1 rings (SSSR count). The smallest absolute Gasteiger partial charge is 0.150 e. The number of ether oxygens (including phenoxy) is 1. The van der Waals surface area contributed by atoms with Crippen LogP contribution in [0.2, 0.25) is 0 Å². The number of sulfone groups is 1. The highest BCUT2D eigenvalue weighted by Crippen LogP contribution is 2.31. The molecule has 78 valence electrons. The van der Waals surface area contributed by atoms with E-state index in [2.05, 4.69) is 0 Å². The summed E-state index contributed by atoms with van der Waals surface area (Å²) in [6.45, 7) is 0.443. The molecule has 0 bridgehead atoms. The molecule has 0 amide bonds. The summed E-state index contributed by atoms with van der Waals surface area (Å²) >= 11 is 0. The van der Waals surface area contributed by atoms with Crippen LogP contribution in [0, 0.1) is 0 Å². The molecule has 1 fully saturated rings. The van der Waals surface area contributed by atoms with Gasteiger partial charge in [-0.05, 0) is 19.3 Å². The van der Waals surface area contributed by atoms with Crippen LogP contribution < -0.4 is 5.73 Å². The van der Waals surface area contributed by atoms with Crippen molar-refractivity contribution >= 4 is 9.84 Å². The Balaban J connectivity index is 2.63. The molecule has 0 aromatic heterocycles. The third-order valence-electron chi connectivity index (χ3n) is 2.64. The molecule has 2 N–H and O–H groups in total. The lowest BCUT2D eigenvalue weighted by atomic mass is 10.0. The average molecular weight is 207 g/mol. The van der Waals surface area contributed by atoms with E-state index in [1.54, 1.807) is 7.11 Å². The van der Waals surface area contributed by atoms with Crippen molar-refractivity contribution in [2.24, 2.45) is 5.73 Å². The number of hydrogen-bond donors (Lipinski definition) is 1. The fourth-order valence-electron chi connectivity index (χ4n) is 1.89. The molecule has 1 aliphatic carbocycles. The normalized spacial score (nSPS) is 35.2. The Morgan fingerprint density at radius 3 is 2.62 bits per heavy atom. The summed E-state index contributed by atoms with van der Waals surface area (Å²) in [5, 5.41) is -0.271. The summed E-state index contributed by atoms with van der Waals surface area (Å²) in [6.07, 6.45) is 3.20. The Morgan fingerprint density at radius 2 is 2.23 bits per heavy atom. The monoisotopic (exact) mass is 207 g/mol. The molecule has 1 saturated carbocycles. The molecule has 0 heterocycles. The zero-order valence-electron chi connectivity index (χ0n) is 8.12. The van der Waals surface area contributed by atoms with Gasteiger partial charge in [-0.3, -0.25) is 0 Å². The number of hydrogen-bond acceptors (Lipinski definition) is 4. The topological polar surface area (TPSA) is 69.4 Å². The van der Waals surface area contributed by atoms with Crippen LogP contribution in [0.4, 0.5) is 0 Å². The van der Waals surface area contributed by atoms with Crippen LogP contribution in [-0.4, -0.2) is 39.2 Å². The van der Waals surface area contributed by atoms with E-state index in [4.69, 9.17) is 10.5 Å². The van der Waals surface area contributed by atoms with Gasteiger partial charge in [-0.25, -0.2) is 8.42 Å². The first-order valence-corrected chi connectivity index (χ1v) is 6.29. The Bertz CT molecular complexity index is 275. The first kappa shape index (κ1) is 10.9. The first-order valence-electron chi connectivity index (χ1n) is 4.34. The molecule has 4 nitrogen and oxygen atoms in total. The van der Waals surface area contributed by atoms with Crippen LogP contribution in [0.25, 0.3) is 0 Å². The van der Waals surface area contributed by atoms with E-state index in [1.807, 2.05) is 0 Å². The molecular formula is C8H17NO3S. The van der Waals surface area contributed by atoms with Gasteiger partial charge in [0, 0.05) is 18.9 Å². The van der Waals surface area contributed by atoms with Crippen molar-refractivity contribution in [1.29, 1.82) is 0 Å². The van der Waals surface area contributed by atoms with Crippen molar-refractivity contribution in [3.8, 4) is 0 Å². The molecule has 0 saturated heterocycles. The Hall–Kier alpha value is -0.130. The maximum Gasteiger partial charge on any atom is 0.150 e. The van der Waals surface area contributed by atoms with Gasteiger partial charge in [0.05, 0.1) is 11.9 Å². The second kappa shape index (κ2) is 3.55. The fourth-order valence-corrected chi connectivity index (χ4v) is 3.07. The minimum atomic E-state index is -2.93. The van der Waals surface area contributed by atoms with Gasteiger partial charge in [0.1, 0.15) is 9.84 Å². The van der Waals surface area contributed by atoms with Crippen molar-refractivity contribution in [3.63, 3.8) is 0 Å². The molecular weight excluding hydrogens is 190 g/mol. The minimum absolute atomic E-state index is 0.271. The predicted octanol–water partition coefficient (Wildman–Crippen LogP) is -0.0726. The van der Waals surface area contributed by atoms with Crippen molar-refractivity contribution < 1.29 is 13.2 Å². The van der Waals surface area contributed by atoms with Gasteiger partial charge >= 0.3 is 0 Å². The van der Waals surface area contributed by atoms with E-state index in [-0.39, 0.29) is 5.25 Å². The van der Waals surface area contributed by atoms with Crippen molar-refractivity contribution in [2.45, 2.75) is 30.1 Å². The summed E-state index contributed by atoms with van der Waals surface area (Å²) in [7, 11) is -1.34. The average Bonchev–Trinajstić information content (AvgIpc) is 2.31. The summed E-state index contributed by atoms with van der Waals surface area (Å²) in [6, 6.07) is 0. The van der Waals surface area contributed by atoms with Gasteiger partial charge in [-0.2, -0.15) is 0 Å². The lowest BCUT2D eigenvalue weighted by Crippen LogP contribution is -2.42. The van der Waals surface area contributed by atoms with Crippen LogP contribution in [-0.2, 0) is 14.6 Å². The van der Waals surface area contributed by atoms with E-state index in [9.17, 15) is 8.42 Å². The summed E-state index contributed by atoms with van der Waals surface area (Å²) < 4.78 is 27.4. The fraction of sp³-hybridized carbons (Fsp3) is 1.00. The molecule has 2 atom stereocenters. The standard InChI is InChI=1S/C8H17NO3S/c1-12-6-8(9)4-3-7(5-8)13(2,10)11/h7H,3-6,9H2,1-2H3/t7-,8-/m1/s1. The van der Waals surface area contributed by atoms with Crippen molar-refractivity contribution in [3.05, 3.63) is 0 Å². The van der Waals surface area contributed by atoms with Crippen LogP contribution in [0.15, 0.2) is 0 Å². The molecule has 1 aliphatic rings. The maximum atomic E-state index is 11.2. The second-order valence-corrected chi connectivity index (χ2v) is 6.32. The Morgan fingerprint density at radius 1 is 1.62 bits per heavy atom. The molecule has 0 aromatic carbocycles. The zero-order chi connectivity index (χ0) is 10.1. The summed E-state index contributed by atoms with van der Waals surface area (Å²) in [5.41, 5.74) is 5.54. The highest BCUT2D eigenvalue weighted by atomic mass is 32.2. The van der Waals surface area contributed by atoms with Gasteiger partial charge in [0.2, 0.25) is 0 Å².